The van der Waals surface area contributed by atoms with E-state index in [4.69, 9.17) is 5.26 Å². The van der Waals surface area contributed by atoms with E-state index in [2.05, 4.69) is 0 Å². The van der Waals surface area contributed by atoms with Gasteiger partial charge in [-0.05, 0) is 41.6 Å². The van der Waals surface area contributed by atoms with Crippen LogP contribution in [-0.2, 0) is 0 Å². The first-order valence-electron chi connectivity index (χ1n) is 3.46. The Balaban J connectivity index is 3.41. The van der Waals surface area contributed by atoms with Crippen LogP contribution in [0.25, 0.3) is 0 Å². The van der Waals surface area contributed by atoms with Gasteiger partial charge in [0.15, 0.2) is 5.78 Å². The van der Waals surface area contributed by atoms with Crippen LogP contribution < -0.4 is 0 Å². The van der Waals surface area contributed by atoms with Crippen molar-refractivity contribution >= 4 is 28.4 Å². The average Bonchev–Trinajstić information content (AvgIpc) is 2.03. The summed E-state index contributed by atoms with van der Waals surface area (Å²) < 4.78 is 13.5. The van der Waals surface area contributed by atoms with E-state index in [0.717, 1.165) is 0 Å². The second-order valence-corrected chi connectivity index (χ2v) is 3.64. The highest BCUT2D eigenvalue weighted by Gasteiger charge is 2.10. The van der Waals surface area contributed by atoms with Crippen LogP contribution in [0.15, 0.2) is 12.1 Å². The zero-order chi connectivity index (χ0) is 10.0. The van der Waals surface area contributed by atoms with E-state index in [1.807, 2.05) is 22.6 Å². The molecule has 0 heterocycles. The van der Waals surface area contributed by atoms with Crippen LogP contribution in [0.1, 0.15) is 22.8 Å². The zero-order valence-corrected chi connectivity index (χ0v) is 8.92. The number of benzene rings is 1. The van der Waals surface area contributed by atoms with E-state index in [1.54, 1.807) is 6.07 Å². The van der Waals surface area contributed by atoms with Crippen LogP contribution in [0.4, 0.5) is 4.39 Å². The molecule has 0 saturated carbocycles. The molecular weight excluding hydrogens is 284 g/mol. The number of carbonyl (C=O) groups excluding carboxylic acids is 1. The van der Waals surface area contributed by atoms with Crippen LogP contribution in [0.5, 0.6) is 0 Å². The van der Waals surface area contributed by atoms with E-state index in [9.17, 15) is 9.18 Å². The Bertz CT molecular complexity index is 409. The Morgan fingerprint density at radius 3 is 2.69 bits per heavy atom. The smallest absolute Gasteiger partial charge is 0.160 e. The Kier molecular flexibility index (Phi) is 2.98. The summed E-state index contributed by atoms with van der Waals surface area (Å²) in [6, 6.07) is 4.15. The molecule has 0 aromatic heterocycles. The van der Waals surface area contributed by atoms with E-state index in [1.165, 1.54) is 19.1 Å². The SMILES string of the molecule is CC(=O)c1cc(C#N)c(F)cc1I. The molecule has 0 aliphatic rings. The maximum Gasteiger partial charge on any atom is 0.160 e. The lowest BCUT2D eigenvalue weighted by atomic mass is 10.1. The summed E-state index contributed by atoms with van der Waals surface area (Å²) in [5, 5.41) is 8.51. The van der Waals surface area contributed by atoms with Gasteiger partial charge in [0, 0.05) is 9.13 Å². The molecular formula is C9H5FINO. The lowest BCUT2D eigenvalue weighted by molar-refractivity contribution is 0.101. The fourth-order valence-electron chi connectivity index (χ4n) is 0.904. The summed E-state index contributed by atoms with van der Waals surface area (Å²) in [6.07, 6.45) is 0. The summed E-state index contributed by atoms with van der Waals surface area (Å²) >= 11 is 1.86. The minimum Gasteiger partial charge on any atom is -0.294 e. The highest BCUT2D eigenvalue weighted by atomic mass is 127. The number of nitrogens with zero attached hydrogens (tertiary/aromatic N) is 1. The molecule has 1 aromatic carbocycles. The van der Waals surface area contributed by atoms with Crippen molar-refractivity contribution in [3.8, 4) is 6.07 Å². The highest BCUT2D eigenvalue weighted by molar-refractivity contribution is 14.1. The maximum absolute atomic E-state index is 13.0. The van der Waals surface area contributed by atoms with Gasteiger partial charge in [-0.3, -0.25) is 4.79 Å². The topological polar surface area (TPSA) is 40.9 Å². The number of hydrogen-bond acceptors (Lipinski definition) is 2. The predicted molar refractivity (Wildman–Crippen MR) is 53.8 cm³/mol. The molecule has 0 bridgehead atoms. The standard InChI is InChI=1S/C9H5FINO/c1-5(13)7-2-6(4-12)8(10)3-9(7)11/h2-3H,1H3. The van der Waals surface area contributed by atoms with Gasteiger partial charge < -0.3 is 0 Å². The Hall–Kier alpha value is -0.960. The molecule has 2 nitrogen and oxygen atoms in total. The molecule has 0 N–H and O–H groups in total. The summed E-state index contributed by atoms with van der Waals surface area (Å²) in [7, 11) is 0. The van der Waals surface area contributed by atoms with Gasteiger partial charge >= 0.3 is 0 Å². The molecule has 13 heavy (non-hydrogen) atoms. The normalized spacial score (nSPS) is 9.38. The lowest BCUT2D eigenvalue weighted by Gasteiger charge is -2.01. The van der Waals surface area contributed by atoms with Crippen molar-refractivity contribution in [2.24, 2.45) is 0 Å². The van der Waals surface area contributed by atoms with Gasteiger partial charge in [0.25, 0.3) is 0 Å². The average molecular weight is 289 g/mol. The fraction of sp³-hybridized carbons (Fsp3) is 0.111. The summed E-state index contributed by atoms with van der Waals surface area (Å²) in [6.45, 7) is 1.39. The molecule has 0 fully saturated rings. The summed E-state index contributed by atoms with van der Waals surface area (Å²) in [4.78, 5) is 11.0. The van der Waals surface area contributed by atoms with Gasteiger partial charge in [-0.15, -0.1) is 0 Å². The maximum atomic E-state index is 13.0. The third kappa shape index (κ3) is 2.04. The first kappa shape index (κ1) is 10.1. The van der Waals surface area contributed by atoms with Gasteiger partial charge in [-0.1, -0.05) is 0 Å². The van der Waals surface area contributed by atoms with Crippen LogP contribution in [0, 0.1) is 20.7 Å². The first-order chi connectivity index (χ1) is 6.06. The number of carbonyl (C=O) groups is 1. The van der Waals surface area contributed by atoms with Gasteiger partial charge in [0.05, 0.1) is 5.56 Å². The number of rotatable bonds is 1. The molecule has 1 aromatic rings. The third-order valence-electron chi connectivity index (χ3n) is 1.56. The molecule has 66 valence electrons. The zero-order valence-electron chi connectivity index (χ0n) is 6.77. The fourth-order valence-corrected chi connectivity index (χ4v) is 1.71. The molecule has 0 atom stereocenters. The third-order valence-corrected chi connectivity index (χ3v) is 2.45. The first-order valence-corrected chi connectivity index (χ1v) is 4.54. The number of hydrogen-bond donors (Lipinski definition) is 0. The predicted octanol–water partition coefficient (Wildman–Crippen LogP) is 2.50. The molecule has 0 aliphatic carbocycles. The molecule has 0 unspecified atom stereocenters. The number of ketones is 1. The van der Waals surface area contributed by atoms with Gasteiger partial charge in [0.1, 0.15) is 11.9 Å². The van der Waals surface area contributed by atoms with Crippen LogP contribution >= 0.6 is 22.6 Å². The van der Waals surface area contributed by atoms with E-state index in [0.29, 0.717) is 9.13 Å². The quantitative estimate of drug-likeness (QED) is 0.588. The van der Waals surface area contributed by atoms with Crippen LogP contribution in [0.3, 0.4) is 0 Å². The largest absolute Gasteiger partial charge is 0.294 e. The highest BCUT2D eigenvalue weighted by Crippen LogP contribution is 2.17. The molecule has 0 amide bonds. The minimum atomic E-state index is -0.586. The van der Waals surface area contributed by atoms with Crippen molar-refractivity contribution < 1.29 is 9.18 Å². The molecule has 0 spiro atoms. The van der Waals surface area contributed by atoms with Crippen molar-refractivity contribution in [1.82, 2.24) is 0 Å². The molecule has 4 heteroatoms. The van der Waals surface area contributed by atoms with Crippen LogP contribution in [0.2, 0.25) is 0 Å². The number of halogens is 2. The molecule has 0 saturated heterocycles. The Labute approximate surface area is 88.5 Å². The van der Waals surface area contributed by atoms with Crippen molar-refractivity contribution in [3.05, 3.63) is 32.6 Å². The van der Waals surface area contributed by atoms with Crippen molar-refractivity contribution in [2.45, 2.75) is 6.92 Å². The number of nitriles is 1. The van der Waals surface area contributed by atoms with E-state index >= 15 is 0 Å². The summed E-state index contributed by atoms with van der Waals surface area (Å²) in [5.41, 5.74) is 0.296. The molecule has 0 radical (unpaired) electrons. The van der Waals surface area contributed by atoms with Gasteiger partial charge in [-0.2, -0.15) is 5.26 Å². The van der Waals surface area contributed by atoms with Crippen molar-refractivity contribution in [3.63, 3.8) is 0 Å². The van der Waals surface area contributed by atoms with Crippen molar-refractivity contribution in [2.75, 3.05) is 0 Å². The minimum absolute atomic E-state index is 0.0920. The Morgan fingerprint density at radius 2 is 2.23 bits per heavy atom. The Morgan fingerprint density at radius 1 is 1.62 bits per heavy atom. The molecule has 1 rings (SSSR count). The van der Waals surface area contributed by atoms with Crippen molar-refractivity contribution in [1.29, 1.82) is 5.26 Å². The summed E-state index contributed by atoms with van der Waals surface area (Å²) in [5.74, 6) is -0.752. The van der Waals surface area contributed by atoms with E-state index in [-0.39, 0.29) is 11.3 Å². The number of Topliss-reactive ketones (excluding diaryl/α,β-unsaturated/α-hetero) is 1. The molecule has 0 aliphatic heterocycles. The van der Waals surface area contributed by atoms with Crippen LogP contribution in [-0.4, -0.2) is 5.78 Å². The second-order valence-electron chi connectivity index (χ2n) is 2.48. The lowest BCUT2D eigenvalue weighted by Crippen LogP contribution is -1.99. The van der Waals surface area contributed by atoms with Gasteiger partial charge in [0.2, 0.25) is 0 Å². The monoisotopic (exact) mass is 289 g/mol. The van der Waals surface area contributed by atoms with E-state index < -0.39 is 5.82 Å². The van der Waals surface area contributed by atoms with Gasteiger partial charge in [-0.25, -0.2) is 4.39 Å². The second kappa shape index (κ2) is 3.83.